The molecule has 3 rings (SSSR count). The van der Waals surface area contributed by atoms with E-state index in [0.29, 0.717) is 30.2 Å². The first-order valence-corrected chi connectivity index (χ1v) is 9.31. The van der Waals surface area contributed by atoms with E-state index in [1.165, 1.54) is 12.1 Å². The van der Waals surface area contributed by atoms with Crippen molar-refractivity contribution < 1.29 is 13.6 Å². The highest BCUT2D eigenvalue weighted by Crippen LogP contribution is 2.25. The number of fused-ring (bicyclic) bond motifs is 1. The molecule has 0 aliphatic carbocycles. The molecule has 2 N–H and O–H groups in total. The molecule has 2 aromatic carbocycles. The molecule has 0 atom stereocenters. The predicted octanol–water partition coefficient (Wildman–Crippen LogP) is 3.45. The number of nitrogens with zero attached hydrogens (tertiary/aromatic N) is 2. The Hall–Kier alpha value is -3.35. The number of aliphatic imine (C=N–C) groups is 1. The Balaban J connectivity index is 1.59. The van der Waals surface area contributed by atoms with Gasteiger partial charge in [0.1, 0.15) is 17.2 Å². The zero-order chi connectivity index (χ0) is 21.0. The molecular formula is C22H25FN4O2. The lowest BCUT2D eigenvalue weighted by Crippen LogP contribution is -2.36. The summed E-state index contributed by atoms with van der Waals surface area (Å²) in [5, 5.41) is 7.21. The Labute approximate surface area is 169 Å². The maximum atomic E-state index is 13.5. The van der Waals surface area contributed by atoms with Gasteiger partial charge in [-0.05, 0) is 42.8 Å². The molecule has 0 saturated heterocycles. The van der Waals surface area contributed by atoms with Gasteiger partial charge in [-0.25, -0.2) is 4.39 Å². The van der Waals surface area contributed by atoms with E-state index in [0.717, 1.165) is 22.3 Å². The number of halogens is 1. The predicted molar refractivity (Wildman–Crippen MR) is 112 cm³/mol. The lowest BCUT2D eigenvalue weighted by Gasteiger charge is -2.13. The zero-order valence-corrected chi connectivity index (χ0v) is 17.0. The average Bonchev–Trinajstić information content (AvgIpc) is 3.03. The van der Waals surface area contributed by atoms with Crippen LogP contribution in [0.3, 0.4) is 0 Å². The first kappa shape index (κ1) is 20.4. The minimum Gasteiger partial charge on any atom is -0.459 e. The van der Waals surface area contributed by atoms with Crippen LogP contribution in [0.1, 0.15) is 27.2 Å². The molecule has 0 saturated carbocycles. The van der Waals surface area contributed by atoms with Crippen LogP contribution in [0, 0.1) is 12.7 Å². The minimum atomic E-state index is -0.281. The van der Waals surface area contributed by atoms with E-state index >= 15 is 0 Å². The number of benzene rings is 2. The van der Waals surface area contributed by atoms with Crippen molar-refractivity contribution in [2.45, 2.75) is 20.0 Å². The first-order valence-electron chi connectivity index (χ1n) is 9.31. The summed E-state index contributed by atoms with van der Waals surface area (Å²) in [7, 11) is 5.15. The second-order valence-electron chi connectivity index (χ2n) is 6.97. The van der Waals surface area contributed by atoms with Crippen LogP contribution in [0.5, 0.6) is 0 Å². The van der Waals surface area contributed by atoms with E-state index in [1.54, 1.807) is 32.1 Å². The average molecular weight is 396 g/mol. The molecule has 0 radical (unpaired) electrons. The van der Waals surface area contributed by atoms with E-state index in [4.69, 9.17) is 4.42 Å². The van der Waals surface area contributed by atoms with Crippen molar-refractivity contribution in [3.8, 4) is 0 Å². The van der Waals surface area contributed by atoms with Gasteiger partial charge in [0.15, 0.2) is 5.96 Å². The van der Waals surface area contributed by atoms with Gasteiger partial charge >= 0.3 is 0 Å². The summed E-state index contributed by atoms with van der Waals surface area (Å²) < 4.78 is 19.3. The number of rotatable bonds is 5. The maximum Gasteiger partial charge on any atom is 0.253 e. The normalized spacial score (nSPS) is 11.6. The largest absolute Gasteiger partial charge is 0.459 e. The van der Waals surface area contributed by atoms with Crippen molar-refractivity contribution in [1.29, 1.82) is 0 Å². The van der Waals surface area contributed by atoms with Gasteiger partial charge < -0.3 is 20.0 Å². The summed E-state index contributed by atoms with van der Waals surface area (Å²) >= 11 is 0. The highest BCUT2D eigenvalue weighted by Gasteiger charge is 2.12. The summed E-state index contributed by atoms with van der Waals surface area (Å²) in [6, 6.07) is 12.0. The number of furan rings is 1. The molecule has 1 aromatic heterocycles. The van der Waals surface area contributed by atoms with Crippen LogP contribution < -0.4 is 10.6 Å². The lowest BCUT2D eigenvalue weighted by molar-refractivity contribution is 0.0827. The quantitative estimate of drug-likeness (QED) is 0.512. The van der Waals surface area contributed by atoms with Crippen LogP contribution in [0.25, 0.3) is 11.0 Å². The van der Waals surface area contributed by atoms with Crippen molar-refractivity contribution in [2.24, 2.45) is 4.99 Å². The Morgan fingerprint density at radius 1 is 1.10 bits per heavy atom. The minimum absolute atomic E-state index is 0.0249. The molecule has 6 nitrogen and oxygen atoms in total. The molecular weight excluding hydrogens is 371 g/mol. The zero-order valence-electron chi connectivity index (χ0n) is 17.0. The summed E-state index contributed by atoms with van der Waals surface area (Å²) in [6.45, 7) is 2.90. The van der Waals surface area contributed by atoms with Gasteiger partial charge in [-0.1, -0.05) is 12.1 Å². The second kappa shape index (κ2) is 8.77. The molecule has 1 heterocycles. The topological polar surface area (TPSA) is 69.9 Å². The van der Waals surface area contributed by atoms with Gasteiger partial charge in [0.05, 0.1) is 6.54 Å². The third-order valence-electron chi connectivity index (χ3n) is 4.70. The fourth-order valence-electron chi connectivity index (χ4n) is 3.01. The molecule has 152 valence electrons. The molecule has 7 heteroatoms. The Morgan fingerprint density at radius 3 is 2.45 bits per heavy atom. The van der Waals surface area contributed by atoms with Crippen LogP contribution >= 0.6 is 0 Å². The van der Waals surface area contributed by atoms with Crippen molar-refractivity contribution in [1.82, 2.24) is 15.5 Å². The SMILES string of the molecule is CN=C(NCc1ccc(C(=O)N(C)C)cc1)NCc1oc2ccc(F)cc2c1C. The summed E-state index contributed by atoms with van der Waals surface area (Å²) in [4.78, 5) is 17.7. The van der Waals surface area contributed by atoms with Gasteiger partial charge in [-0.15, -0.1) is 0 Å². The molecule has 0 unspecified atom stereocenters. The van der Waals surface area contributed by atoms with Crippen LogP contribution in [0.2, 0.25) is 0 Å². The van der Waals surface area contributed by atoms with Gasteiger partial charge in [-0.3, -0.25) is 9.79 Å². The van der Waals surface area contributed by atoms with Crippen molar-refractivity contribution in [3.05, 3.63) is 70.7 Å². The third-order valence-corrected chi connectivity index (χ3v) is 4.70. The Morgan fingerprint density at radius 2 is 1.79 bits per heavy atom. The van der Waals surface area contributed by atoms with Crippen LogP contribution in [0.15, 0.2) is 51.9 Å². The second-order valence-corrected chi connectivity index (χ2v) is 6.97. The molecule has 0 bridgehead atoms. The molecule has 0 spiro atoms. The van der Waals surface area contributed by atoms with Crippen LogP contribution in [0.4, 0.5) is 4.39 Å². The first-order chi connectivity index (χ1) is 13.9. The molecule has 29 heavy (non-hydrogen) atoms. The number of nitrogens with one attached hydrogen (secondary N) is 2. The molecule has 0 aliphatic rings. The molecule has 0 aliphatic heterocycles. The highest BCUT2D eigenvalue weighted by molar-refractivity contribution is 5.93. The number of hydrogen-bond acceptors (Lipinski definition) is 3. The fraction of sp³-hybridized carbons (Fsp3) is 0.273. The van der Waals surface area contributed by atoms with Gasteiger partial charge in [0.25, 0.3) is 5.91 Å². The highest BCUT2D eigenvalue weighted by atomic mass is 19.1. The molecule has 0 fully saturated rings. The van der Waals surface area contributed by atoms with E-state index < -0.39 is 0 Å². The van der Waals surface area contributed by atoms with Gasteiger partial charge in [0.2, 0.25) is 0 Å². The number of guanidine groups is 1. The van der Waals surface area contributed by atoms with E-state index in [1.807, 2.05) is 31.2 Å². The number of amides is 1. The monoisotopic (exact) mass is 396 g/mol. The Bertz CT molecular complexity index is 1040. The van der Waals surface area contributed by atoms with Crippen molar-refractivity contribution >= 4 is 22.8 Å². The van der Waals surface area contributed by atoms with Crippen LogP contribution in [-0.4, -0.2) is 37.9 Å². The standard InChI is InChI=1S/C22H25FN4O2/c1-14-18-11-17(23)9-10-19(18)29-20(14)13-26-22(24-2)25-12-15-5-7-16(8-6-15)21(28)27(3)4/h5-11H,12-13H2,1-4H3,(H2,24,25,26). The van der Waals surface area contributed by atoms with Gasteiger partial charge in [-0.2, -0.15) is 0 Å². The van der Waals surface area contributed by atoms with E-state index in [2.05, 4.69) is 15.6 Å². The molecule has 3 aromatic rings. The fourth-order valence-corrected chi connectivity index (χ4v) is 3.01. The van der Waals surface area contributed by atoms with Gasteiger partial charge in [0, 0.05) is 44.2 Å². The number of carbonyl (C=O) groups excluding carboxylic acids is 1. The number of carbonyl (C=O) groups is 1. The number of hydrogen-bond donors (Lipinski definition) is 2. The summed E-state index contributed by atoms with van der Waals surface area (Å²) in [6.07, 6.45) is 0. The summed E-state index contributed by atoms with van der Waals surface area (Å²) in [5.41, 5.74) is 3.25. The van der Waals surface area contributed by atoms with E-state index in [9.17, 15) is 9.18 Å². The third kappa shape index (κ3) is 4.74. The van der Waals surface area contributed by atoms with Crippen molar-refractivity contribution in [2.75, 3.05) is 21.1 Å². The lowest BCUT2D eigenvalue weighted by atomic mass is 10.1. The van der Waals surface area contributed by atoms with E-state index in [-0.39, 0.29) is 11.7 Å². The molecule has 1 amide bonds. The summed E-state index contributed by atoms with van der Waals surface area (Å²) in [5.74, 6) is 1.05. The maximum absolute atomic E-state index is 13.5. The van der Waals surface area contributed by atoms with Crippen molar-refractivity contribution in [3.63, 3.8) is 0 Å². The Kier molecular flexibility index (Phi) is 6.16. The number of aryl methyl sites for hydroxylation is 1. The van der Waals surface area contributed by atoms with Crippen LogP contribution in [-0.2, 0) is 13.1 Å². The smallest absolute Gasteiger partial charge is 0.253 e.